The number of carbonyl (C=O) groups excluding carboxylic acids is 1. The van der Waals surface area contributed by atoms with E-state index in [1.807, 2.05) is 35.2 Å². The molecule has 2 heterocycles. The van der Waals surface area contributed by atoms with Gasteiger partial charge < -0.3 is 16.0 Å². The molecule has 0 spiro atoms. The van der Waals surface area contributed by atoms with Crippen molar-refractivity contribution in [2.24, 2.45) is 16.6 Å². The predicted octanol–water partition coefficient (Wildman–Crippen LogP) is 4.87. The summed E-state index contributed by atoms with van der Waals surface area (Å²) in [5.74, 6) is 0.904. The molecule has 0 saturated heterocycles. The number of aryl methyl sites for hydroxylation is 2. The lowest BCUT2D eigenvalue weighted by Gasteiger charge is -2.27. The summed E-state index contributed by atoms with van der Waals surface area (Å²) in [7, 11) is 1.72. The molecule has 1 aromatic heterocycles. The Bertz CT molecular complexity index is 1250. The van der Waals surface area contributed by atoms with Crippen LogP contribution in [-0.4, -0.2) is 24.2 Å². The molecule has 0 bridgehead atoms. The van der Waals surface area contributed by atoms with Crippen molar-refractivity contribution in [1.29, 1.82) is 0 Å². The highest BCUT2D eigenvalue weighted by Crippen LogP contribution is 2.38. The van der Waals surface area contributed by atoms with Crippen LogP contribution in [0.25, 0.3) is 5.57 Å². The largest absolute Gasteiger partial charge is 0.404 e. The van der Waals surface area contributed by atoms with Crippen molar-refractivity contribution in [2.75, 3.05) is 17.3 Å². The Kier molecular flexibility index (Phi) is 6.12. The second-order valence-corrected chi connectivity index (χ2v) is 8.84. The first-order valence-electron chi connectivity index (χ1n) is 11.8. The van der Waals surface area contributed by atoms with Gasteiger partial charge in [0, 0.05) is 42.7 Å². The van der Waals surface area contributed by atoms with Crippen LogP contribution in [0.15, 0.2) is 72.0 Å². The minimum Gasteiger partial charge on any atom is -0.404 e. The number of nitrogens with one attached hydrogen (secondary N) is 1. The molecule has 0 fully saturated rings. The van der Waals surface area contributed by atoms with E-state index < -0.39 is 0 Å². The van der Waals surface area contributed by atoms with Gasteiger partial charge in [-0.25, -0.2) is 4.98 Å². The Hall–Kier alpha value is -3.93. The van der Waals surface area contributed by atoms with E-state index in [2.05, 4.69) is 39.6 Å². The fraction of sp³-hybridized carbons (Fsp3) is 0.250. The van der Waals surface area contributed by atoms with E-state index in [1.54, 1.807) is 25.7 Å². The van der Waals surface area contributed by atoms with Crippen molar-refractivity contribution in [3.8, 4) is 0 Å². The van der Waals surface area contributed by atoms with Gasteiger partial charge in [0.15, 0.2) is 0 Å². The van der Waals surface area contributed by atoms with Gasteiger partial charge in [-0.3, -0.25) is 9.79 Å². The van der Waals surface area contributed by atoms with Crippen LogP contribution in [0.5, 0.6) is 0 Å². The number of hydrogen-bond acceptors (Lipinski definition) is 5. The van der Waals surface area contributed by atoms with Crippen LogP contribution in [-0.2, 0) is 24.2 Å². The van der Waals surface area contributed by atoms with Crippen LogP contribution < -0.4 is 16.0 Å². The average Bonchev–Trinajstić information content (AvgIpc) is 3.19. The van der Waals surface area contributed by atoms with Crippen LogP contribution in [0.3, 0.4) is 0 Å². The Morgan fingerprint density at radius 2 is 1.82 bits per heavy atom. The van der Waals surface area contributed by atoms with Gasteiger partial charge in [-0.2, -0.15) is 0 Å². The summed E-state index contributed by atoms with van der Waals surface area (Å²) in [6.45, 7) is 0.471. The van der Waals surface area contributed by atoms with E-state index in [9.17, 15) is 4.79 Å². The van der Waals surface area contributed by atoms with Crippen molar-refractivity contribution in [3.05, 3.63) is 89.2 Å². The maximum Gasteiger partial charge on any atom is 0.230 e. The second-order valence-electron chi connectivity index (χ2n) is 8.84. The molecule has 0 unspecified atom stereocenters. The molecule has 2 aromatic carbocycles. The number of fused-ring (bicyclic) bond motifs is 3. The summed E-state index contributed by atoms with van der Waals surface area (Å²) in [6, 6.07) is 18.5. The number of aliphatic imine (C=N–C) groups is 1. The average molecular weight is 452 g/mol. The standard InChI is InChI=1S/C28H29N5O/c1-30-17-24(16-29)22-12-13-25-26(15-22)33(18-23-7-4-14-31-27(23)32-25)28(34)21-10-8-19-5-2-3-6-20(19)9-11-21/h2-7,12-17,21H,8-11,18,29H2,1H3,(H,31,32). The van der Waals surface area contributed by atoms with Crippen LogP contribution in [0.1, 0.15) is 35.1 Å². The van der Waals surface area contributed by atoms with Crippen LogP contribution >= 0.6 is 0 Å². The number of rotatable bonds is 3. The third kappa shape index (κ3) is 4.19. The van der Waals surface area contributed by atoms with E-state index in [0.717, 1.165) is 59.6 Å². The normalized spacial score (nSPS) is 16.1. The van der Waals surface area contributed by atoms with Crippen LogP contribution in [0.2, 0.25) is 0 Å². The lowest BCUT2D eigenvalue weighted by atomic mass is 9.96. The molecule has 0 atom stereocenters. The number of nitrogens with zero attached hydrogens (tertiary/aromatic N) is 3. The molecular formula is C28H29N5O. The maximum atomic E-state index is 14.1. The molecule has 1 amide bonds. The highest BCUT2D eigenvalue weighted by molar-refractivity contribution is 6.10. The number of anilines is 3. The Balaban J connectivity index is 1.53. The summed E-state index contributed by atoms with van der Waals surface area (Å²) in [6.07, 6.45) is 8.61. The highest BCUT2D eigenvalue weighted by Gasteiger charge is 2.31. The Morgan fingerprint density at radius 1 is 1.09 bits per heavy atom. The van der Waals surface area contributed by atoms with Gasteiger partial charge in [-0.1, -0.05) is 36.4 Å². The monoisotopic (exact) mass is 451 g/mol. The first-order valence-corrected chi connectivity index (χ1v) is 11.8. The number of allylic oxidation sites excluding steroid dienone is 1. The molecule has 3 N–H and O–H groups in total. The van der Waals surface area contributed by atoms with E-state index in [1.165, 1.54) is 11.1 Å². The van der Waals surface area contributed by atoms with Crippen molar-refractivity contribution in [2.45, 2.75) is 32.2 Å². The molecule has 1 aliphatic carbocycles. The molecule has 0 saturated carbocycles. The van der Waals surface area contributed by atoms with Crippen molar-refractivity contribution in [1.82, 2.24) is 4.98 Å². The number of pyridine rings is 1. The molecule has 1 aliphatic heterocycles. The summed E-state index contributed by atoms with van der Waals surface area (Å²) in [5, 5.41) is 3.44. The fourth-order valence-corrected chi connectivity index (χ4v) is 4.97. The molecule has 2 aliphatic rings. The van der Waals surface area contributed by atoms with Gasteiger partial charge in [0.05, 0.1) is 17.9 Å². The smallest absolute Gasteiger partial charge is 0.230 e. The lowest BCUT2D eigenvalue weighted by molar-refractivity contribution is -0.122. The quantitative estimate of drug-likeness (QED) is 0.440. The molecule has 34 heavy (non-hydrogen) atoms. The first kappa shape index (κ1) is 21.9. The van der Waals surface area contributed by atoms with Crippen molar-refractivity contribution >= 4 is 34.9 Å². The van der Waals surface area contributed by atoms with Gasteiger partial charge in [0.1, 0.15) is 5.82 Å². The molecule has 6 nitrogen and oxygen atoms in total. The summed E-state index contributed by atoms with van der Waals surface area (Å²) < 4.78 is 0. The summed E-state index contributed by atoms with van der Waals surface area (Å²) in [4.78, 5) is 24.7. The molecular weight excluding hydrogens is 422 g/mol. The molecule has 6 heteroatoms. The number of aromatic nitrogens is 1. The third-order valence-corrected chi connectivity index (χ3v) is 6.80. The molecule has 3 aromatic rings. The number of hydrogen-bond donors (Lipinski definition) is 2. The zero-order valence-electron chi connectivity index (χ0n) is 19.4. The second kappa shape index (κ2) is 9.51. The zero-order chi connectivity index (χ0) is 23.5. The molecule has 172 valence electrons. The topological polar surface area (TPSA) is 83.6 Å². The Labute approximate surface area is 200 Å². The van der Waals surface area contributed by atoms with Crippen molar-refractivity contribution in [3.63, 3.8) is 0 Å². The lowest BCUT2D eigenvalue weighted by Crippen LogP contribution is -2.36. The van der Waals surface area contributed by atoms with E-state index in [0.29, 0.717) is 6.54 Å². The van der Waals surface area contributed by atoms with E-state index in [-0.39, 0.29) is 11.8 Å². The summed E-state index contributed by atoms with van der Waals surface area (Å²) >= 11 is 0. The number of benzene rings is 2. The minimum atomic E-state index is -0.0381. The number of nitrogens with two attached hydrogens (primary N) is 1. The fourth-order valence-electron chi connectivity index (χ4n) is 4.97. The van der Waals surface area contributed by atoms with E-state index in [4.69, 9.17) is 5.73 Å². The van der Waals surface area contributed by atoms with Crippen molar-refractivity contribution < 1.29 is 4.79 Å². The van der Waals surface area contributed by atoms with Gasteiger partial charge in [-0.05, 0) is 60.6 Å². The Morgan fingerprint density at radius 3 is 2.53 bits per heavy atom. The van der Waals surface area contributed by atoms with Crippen LogP contribution in [0, 0.1) is 5.92 Å². The van der Waals surface area contributed by atoms with Gasteiger partial charge >= 0.3 is 0 Å². The minimum absolute atomic E-state index is 0.0381. The van der Waals surface area contributed by atoms with Gasteiger partial charge in [0.2, 0.25) is 5.91 Å². The van der Waals surface area contributed by atoms with Gasteiger partial charge in [0.25, 0.3) is 0 Å². The van der Waals surface area contributed by atoms with Crippen LogP contribution in [0.4, 0.5) is 17.2 Å². The SMILES string of the molecule is CN=CC(=CN)c1ccc2c(c1)N(C(=O)C1CCc3ccccc3CC1)Cc1cccnc1N2. The first-order chi connectivity index (χ1) is 16.7. The highest BCUT2D eigenvalue weighted by atomic mass is 16.2. The van der Waals surface area contributed by atoms with E-state index >= 15 is 0 Å². The predicted molar refractivity (Wildman–Crippen MR) is 138 cm³/mol. The third-order valence-electron chi connectivity index (χ3n) is 6.80. The molecule has 5 rings (SSSR count). The maximum absolute atomic E-state index is 14.1. The zero-order valence-corrected chi connectivity index (χ0v) is 19.4. The molecule has 0 radical (unpaired) electrons. The number of carbonyl (C=O) groups is 1. The number of amides is 1. The van der Waals surface area contributed by atoms with Gasteiger partial charge in [-0.15, -0.1) is 0 Å². The summed E-state index contributed by atoms with van der Waals surface area (Å²) in [5.41, 5.74) is 13.0.